The SMILES string of the molecule is Cc1ccc(OCn2cc(NC(=O)c3cc4nc(-c5cccs5)cc(C(F)(F)F)n4n3)cn2)c(C)c1. The third-order valence-corrected chi connectivity index (χ3v) is 6.19. The molecule has 1 N–H and O–H groups in total. The molecular formula is C24H19F3N6O2S. The van der Waals surface area contributed by atoms with Gasteiger partial charge in [-0.1, -0.05) is 23.8 Å². The summed E-state index contributed by atoms with van der Waals surface area (Å²) in [7, 11) is 0. The maximum Gasteiger partial charge on any atom is 0.433 e. The number of alkyl halides is 3. The molecule has 0 saturated carbocycles. The lowest BCUT2D eigenvalue weighted by atomic mass is 10.1. The zero-order valence-electron chi connectivity index (χ0n) is 19.1. The van der Waals surface area contributed by atoms with Crippen molar-refractivity contribution in [2.45, 2.75) is 26.8 Å². The molecule has 4 aromatic heterocycles. The van der Waals surface area contributed by atoms with Crippen molar-refractivity contribution in [2.24, 2.45) is 0 Å². The lowest BCUT2D eigenvalue weighted by Crippen LogP contribution is -2.15. The molecule has 0 unspecified atom stereocenters. The Morgan fingerprint density at radius 2 is 2.00 bits per heavy atom. The average Bonchev–Trinajstić information content (AvgIpc) is 3.57. The number of carbonyl (C=O) groups excluding carboxylic acids is 1. The summed E-state index contributed by atoms with van der Waals surface area (Å²) in [5.41, 5.74) is 1.27. The van der Waals surface area contributed by atoms with Gasteiger partial charge in [-0.25, -0.2) is 14.2 Å². The normalized spacial score (nSPS) is 11.7. The lowest BCUT2D eigenvalue weighted by molar-refractivity contribution is -0.142. The van der Waals surface area contributed by atoms with E-state index in [0.717, 1.165) is 17.2 Å². The van der Waals surface area contributed by atoms with E-state index in [1.807, 2.05) is 32.0 Å². The minimum Gasteiger partial charge on any atom is -0.471 e. The highest BCUT2D eigenvalue weighted by atomic mass is 32.1. The zero-order valence-corrected chi connectivity index (χ0v) is 19.9. The minimum atomic E-state index is -4.69. The van der Waals surface area contributed by atoms with Crippen LogP contribution >= 0.6 is 11.3 Å². The Morgan fingerprint density at radius 3 is 2.72 bits per heavy atom. The van der Waals surface area contributed by atoms with Crippen molar-refractivity contribution in [1.82, 2.24) is 24.4 Å². The van der Waals surface area contributed by atoms with Crippen molar-refractivity contribution < 1.29 is 22.7 Å². The maximum absolute atomic E-state index is 13.7. The molecule has 0 aliphatic carbocycles. The summed E-state index contributed by atoms with van der Waals surface area (Å²) in [6.07, 6.45) is -1.73. The highest BCUT2D eigenvalue weighted by Gasteiger charge is 2.35. The summed E-state index contributed by atoms with van der Waals surface area (Å²) in [4.78, 5) is 17.6. The third-order valence-electron chi connectivity index (χ3n) is 5.30. The van der Waals surface area contributed by atoms with E-state index in [9.17, 15) is 18.0 Å². The monoisotopic (exact) mass is 512 g/mol. The molecule has 4 heterocycles. The van der Waals surface area contributed by atoms with Crippen LogP contribution in [0.2, 0.25) is 0 Å². The number of rotatable bonds is 6. The molecule has 0 saturated heterocycles. The smallest absolute Gasteiger partial charge is 0.433 e. The Morgan fingerprint density at radius 1 is 1.17 bits per heavy atom. The summed E-state index contributed by atoms with van der Waals surface area (Å²) in [5.74, 6) is 0.0161. The van der Waals surface area contributed by atoms with Gasteiger partial charge in [-0.3, -0.25) is 4.79 Å². The first-order valence-electron chi connectivity index (χ1n) is 10.7. The van der Waals surface area contributed by atoms with Gasteiger partial charge in [-0.05, 0) is 43.0 Å². The van der Waals surface area contributed by atoms with Gasteiger partial charge in [0, 0.05) is 6.07 Å². The van der Waals surface area contributed by atoms with E-state index < -0.39 is 17.8 Å². The molecule has 12 heteroatoms. The fraction of sp³-hybridized carbons (Fsp3) is 0.167. The van der Waals surface area contributed by atoms with Crippen LogP contribution in [0, 0.1) is 13.8 Å². The number of nitrogens with one attached hydrogen (secondary N) is 1. The third kappa shape index (κ3) is 4.80. The number of hydrogen-bond acceptors (Lipinski definition) is 6. The fourth-order valence-electron chi connectivity index (χ4n) is 3.63. The van der Waals surface area contributed by atoms with Crippen LogP contribution in [0.1, 0.15) is 27.3 Å². The number of carbonyl (C=O) groups is 1. The molecule has 0 aliphatic rings. The number of amides is 1. The van der Waals surface area contributed by atoms with Crippen LogP contribution < -0.4 is 10.1 Å². The number of aryl methyl sites for hydroxylation is 2. The van der Waals surface area contributed by atoms with Gasteiger partial charge in [0.2, 0.25) is 0 Å². The Bertz CT molecular complexity index is 1560. The standard InChI is InChI=1S/C24H19F3N6O2S/c1-14-5-6-19(15(2)8-14)35-13-32-12-16(11-28-32)29-23(34)18-10-22-30-17(20-4-3-7-36-20)9-21(24(25,26)27)33(22)31-18/h3-12H,13H2,1-2H3,(H,29,34). The summed E-state index contributed by atoms with van der Waals surface area (Å²) >= 11 is 1.27. The molecule has 0 fully saturated rings. The molecule has 36 heavy (non-hydrogen) atoms. The zero-order chi connectivity index (χ0) is 25.4. The first kappa shape index (κ1) is 23.5. The van der Waals surface area contributed by atoms with Crippen LogP contribution in [-0.4, -0.2) is 30.3 Å². The van der Waals surface area contributed by atoms with Crippen LogP contribution in [0.4, 0.5) is 18.9 Å². The number of anilines is 1. The van der Waals surface area contributed by atoms with Crippen LogP contribution in [-0.2, 0) is 12.9 Å². The van der Waals surface area contributed by atoms with Gasteiger partial charge in [0.25, 0.3) is 5.91 Å². The van der Waals surface area contributed by atoms with Crippen molar-refractivity contribution in [3.63, 3.8) is 0 Å². The van der Waals surface area contributed by atoms with E-state index in [0.29, 0.717) is 20.8 Å². The Hall–Kier alpha value is -4.19. The van der Waals surface area contributed by atoms with Crippen LogP contribution in [0.3, 0.4) is 0 Å². The van der Waals surface area contributed by atoms with E-state index in [4.69, 9.17) is 4.74 Å². The van der Waals surface area contributed by atoms with Crippen molar-refractivity contribution in [3.05, 3.63) is 82.8 Å². The van der Waals surface area contributed by atoms with Crippen molar-refractivity contribution in [2.75, 3.05) is 5.32 Å². The first-order valence-corrected chi connectivity index (χ1v) is 11.6. The van der Waals surface area contributed by atoms with Gasteiger partial charge in [0.05, 0.1) is 28.7 Å². The molecular weight excluding hydrogens is 493 g/mol. The molecule has 5 aromatic rings. The second-order valence-electron chi connectivity index (χ2n) is 8.07. The predicted molar refractivity (Wildman–Crippen MR) is 128 cm³/mol. The topological polar surface area (TPSA) is 86.3 Å². The Kier molecular flexibility index (Phi) is 5.96. The Balaban J connectivity index is 1.35. The van der Waals surface area contributed by atoms with Gasteiger partial charge in [0.1, 0.15) is 5.75 Å². The molecule has 1 amide bonds. The van der Waals surface area contributed by atoms with Crippen LogP contribution in [0.5, 0.6) is 5.75 Å². The van der Waals surface area contributed by atoms with Gasteiger partial charge in [-0.15, -0.1) is 11.3 Å². The summed E-state index contributed by atoms with van der Waals surface area (Å²) in [6.45, 7) is 4.04. The average molecular weight is 513 g/mol. The van der Waals surface area contributed by atoms with E-state index >= 15 is 0 Å². The highest BCUT2D eigenvalue weighted by molar-refractivity contribution is 7.13. The number of nitrogens with zero attached hydrogens (tertiary/aromatic N) is 5. The molecule has 0 atom stereocenters. The van der Waals surface area contributed by atoms with E-state index in [2.05, 4.69) is 20.5 Å². The van der Waals surface area contributed by atoms with Crippen molar-refractivity contribution in [1.29, 1.82) is 0 Å². The van der Waals surface area contributed by atoms with Gasteiger partial charge in [0.15, 0.2) is 23.8 Å². The quantitative estimate of drug-likeness (QED) is 0.321. The van der Waals surface area contributed by atoms with Crippen molar-refractivity contribution in [3.8, 4) is 16.3 Å². The van der Waals surface area contributed by atoms with Crippen molar-refractivity contribution >= 4 is 28.6 Å². The molecule has 0 bridgehead atoms. The van der Waals surface area contributed by atoms with E-state index in [1.165, 1.54) is 28.3 Å². The van der Waals surface area contributed by atoms with Crippen LogP contribution in [0.15, 0.2) is 60.2 Å². The van der Waals surface area contributed by atoms with E-state index in [-0.39, 0.29) is 23.8 Å². The number of halogens is 3. The van der Waals surface area contributed by atoms with Gasteiger partial charge < -0.3 is 10.1 Å². The largest absolute Gasteiger partial charge is 0.471 e. The summed E-state index contributed by atoms with van der Waals surface area (Å²) in [5, 5.41) is 12.4. The molecule has 0 radical (unpaired) electrons. The molecule has 8 nitrogen and oxygen atoms in total. The second kappa shape index (κ2) is 9.11. The number of benzene rings is 1. The fourth-order valence-corrected chi connectivity index (χ4v) is 4.31. The lowest BCUT2D eigenvalue weighted by Gasteiger charge is -2.10. The minimum absolute atomic E-state index is 0.0871. The molecule has 1 aromatic carbocycles. The molecule has 0 aliphatic heterocycles. The number of aromatic nitrogens is 5. The number of ether oxygens (including phenoxy) is 1. The first-order chi connectivity index (χ1) is 17.2. The molecule has 184 valence electrons. The highest BCUT2D eigenvalue weighted by Crippen LogP contribution is 2.33. The van der Waals surface area contributed by atoms with E-state index in [1.54, 1.807) is 23.7 Å². The number of hydrogen-bond donors (Lipinski definition) is 1. The van der Waals surface area contributed by atoms with Gasteiger partial charge in [-0.2, -0.15) is 23.4 Å². The van der Waals surface area contributed by atoms with Gasteiger partial charge >= 0.3 is 6.18 Å². The summed E-state index contributed by atoms with van der Waals surface area (Å²) < 4.78 is 49.1. The Labute approximate surface area is 207 Å². The molecule has 5 rings (SSSR count). The van der Waals surface area contributed by atoms with Crippen LogP contribution in [0.25, 0.3) is 16.2 Å². The second-order valence-corrected chi connectivity index (χ2v) is 9.01. The molecule has 0 spiro atoms. The number of thiophene rings is 1. The maximum atomic E-state index is 13.7. The summed E-state index contributed by atoms with van der Waals surface area (Å²) in [6, 6.07) is 11.3. The number of fused-ring (bicyclic) bond motifs is 1. The predicted octanol–water partition coefficient (Wildman–Crippen LogP) is 5.58.